The summed E-state index contributed by atoms with van der Waals surface area (Å²) in [4.78, 5) is 14.9. The molecule has 0 spiro atoms. The number of benzene rings is 2. The summed E-state index contributed by atoms with van der Waals surface area (Å²) < 4.78 is 0. The lowest BCUT2D eigenvalue weighted by Gasteiger charge is -2.25. The Morgan fingerprint density at radius 3 is 2.64 bits per heavy atom. The first-order chi connectivity index (χ1) is 13.5. The average Bonchev–Trinajstić information content (AvgIpc) is 2.89. The molecule has 0 aromatic heterocycles. The van der Waals surface area contributed by atoms with E-state index in [1.54, 1.807) is 12.1 Å². The molecule has 1 aliphatic rings. The average molecular weight is 381 g/mol. The van der Waals surface area contributed by atoms with Gasteiger partial charge in [-0.05, 0) is 75.0 Å². The molecule has 0 bridgehead atoms. The standard InChI is InChI=1S/C24H32N2O2/c1-26(2)20(17-18-11-14-21(27)15-12-18)13-16-24(28)25-23-10-6-4-8-19-7-3-5-9-22(19)23/h3,5,7,9,11-12,14-15,20,23,27H,4,6,8,10,13,16-17H2,1-2H3,(H,25,28)/t20-,23?/m1/s1. The molecule has 1 aliphatic carbocycles. The molecule has 4 heteroatoms. The van der Waals surface area contributed by atoms with Crippen LogP contribution in [0.2, 0.25) is 0 Å². The molecule has 0 fully saturated rings. The number of hydrogen-bond donors (Lipinski definition) is 2. The van der Waals surface area contributed by atoms with Crippen LogP contribution in [0.15, 0.2) is 48.5 Å². The normalized spacial score (nSPS) is 17.6. The summed E-state index contributed by atoms with van der Waals surface area (Å²) in [6.45, 7) is 0. The number of nitrogens with one attached hydrogen (secondary N) is 1. The molecule has 28 heavy (non-hydrogen) atoms. The van der Waals surface area contributed by atoms with Crippen molar-refractivity contribution >= 4 is 5.91 Å². The Hall–Kier alpha value is -2.33. The van der Waals surface area contributed by atoms with E-state index in [1.165, 1.54) is 23.1 Å². The van der Waals surface area contributed by atoms with Gasteiger partial charge in [-0.15, -0.1) is 0 Å². The third kappa shape index (κ3) is 5.59. The van der Waals surface area contributed by atoms with Crippen molar-refractivity contribution in [2.24, 2.45) is 0 Å². The van der Waals surface area contributed by atoms with Gasteiger partial charge in [0.1, 0.15) is 5.75 Å². The van der Waals surface area contributed by atoms with E-state index in [1.807, 2.05) is 12.1 Å². The second-order valence-electron chi connectivity index (χ2n) is 8.09. The van der Waals surface area contributed by atoms with Crippen molar-refractivity contribution in [3.05, 3.63) is 65.2 Å². The van der Waals surface area contributed by atoms with Crippen LogP contribution in [0.3, 0.4) is 0 Å². The van der Waals surface area contributed by atoms with Gasteiger partial charge in [0.05, 0.1) is 6.04 Å². The van der Waals surface area contributed by atoms with Crippen molar-refractivity contribution in [3.63, 3.8) is 0 Å². The smallest absolute Gasteiger partial charge is 0.220 e. The Balaban J connectivity index is 1.57. The van der Waals surface area contributed by atoms with E-state index < -0.39 is 0 Å². The predicted octanol–water partition coefficient (Wildman–Crippen LogP) is 4.23. The second-order valence-corrected chi connectivity index (χ2v) is 8.09. The lowest BCUT2D eigenvalue weighted by Crippen LogP contribution is -2.33. The SMILES string of the molecule is CN(C)[C@H](CCC(=O)NC1CCCCc2ccccc21)Cc1ccc(O)cc1. The Labute approximate surface area is 168 Å². The van der Waals surface area contributed by atoms with Gasteiger partial charge in [0, 0.05) is 12.5 Å². The topological polar surface area (TPSA) is 52.6 Å². The Morgan fingerprint density at radius 2 is 1.89 bits per heavy atom. The number of nitrogens with zero attached hydrogens (tertiary/aromatic N) is 1. The zero-order chi connectivity index (χ0) is 19.9. The zero-order valence-electron chi connectivity index (χ0n) is 17.0. The van der Waals surface area contributed by atoms with Gasteiger partial charge in [-0.25, -0.2) is 0 Å². The summed E-state index contributed by atoms with van der Waals surface area (Å²) in [7, 11) is 4.12. The lowest BCUT2D eigenvalue weighted by molar-refractivity contribution is -0.122. The fourth-order valence-electron chi connectivity index (χ4n) is 4.08. The number of likely N-dealkylation sites (N-methyl/N-ethyl adjacent to an activating group) is 1. The van der Waals surface area contributed by atoms with Gasteiger partial charge in [0.25, 0.3) is 0 Å². The quantitative estimate of drug-likeness (QED) is 0.707. The fraction of sp³-hybridized carbons (Fsp3) is 0.458. The molecule has 0 saturated carbocycles. The maximum atomic E-state index is 12.7. The lowest BCUT2D eigenvalue weighted by atomic mass is 9.98. The molecular formula is C24H32N2O2. The molecule has 0 radical (unpaired) electrons. The highest BCUT2D eigenvalue weighted by molar-refractivity contribution is 5.76. The summed E-state index contributed by atoms with van der Waals surface area (Å²) in [5.74, 6) is 0.424. The number of rotatable bonds is 7. The van der Waals surface area contributed by atoms with Crippen LogP contribution in [0.25, 0.3) is 0 Å². The van der Waals surface area contributed by atoms with Crippen LogP contribution < -0.4 is 5.32 Å². The second kappa shape index (κ2) is 9.74. The molecule has 0 saturated heterocycles. The number of carbonyl (C=O) groups is 1. The van der Waals surface area contributed by atoms with E-state index in [4.69, 9.17) is 0 Å². The largest absolute Gasteiger partial charge is 0.508 e. The van der Waals surface area contributed by atoms with E-state index in [2.05, 4.69) is 48.6 Å². The van der Waals surface area contributed by atoms with E-state index >= 15 is 0 Å². The van der Waals surface area contributed by atoms with Gasteiger partial charge in [-0.2, -0.15) is 0 Å². The van der Waals surface area contributed by atoms with Crippen molar-refractivity contribution in [2.75, 3.05) is 14.1 Å². The highest BCUT2D eigenvalue weighted by Crippen LogP contribution is 2.28. The summed E-state index contributed by atoms with van der Waals surface area (Å²) >= 11 is 0. The number of phenols is 1. The third-order valence-corrected chi connectivity index (χ3v) is 5.80. The Morgan fingerprint density at radius 1 is 1.14 bits per heavy atom. The van der Waals surface area contributed by atoms with Crippen molar-refractivity contribution in [1.82, 2.24) is 10.2 Å². The van der Waals surface area contributed by atoms with Crippen molar-refractivity contribution < 1.29 is 9.90 Å². The number of hydrogen-bond acceptors (Lipinski definition) is 3. The van der Waals surface area contributed by atoms with E-state index in [0.717, 1.165) is 32.1 Å². The van der Waals surface area contributed by atoms with Gasteiger partial charge in [-0.3, -0.25) is 4.79 Å². The number of amides is 1. The molecule has 2 atom stereocenters. The minimum atomic E-state index is 0.138. The highest BCUT2D eigenvalue weighted by Gasteiger charge is 2.21. The number of aryl methyl sites for hydroxylation is 1. The predicted molar refractivity (Wildman–Crippen MR) is 113 cm³/mol. The van der Waals surface area contributed by atoms with Crippen molar-refractivity contribution in [2.45, 2.75) is 57.0 Å². The first-order valence-corrected chi connectivity index (χ1v) is 10.3. The minimum Gasteiger partial charge on any atom is -0.508 e. The number of fused-ring (bicyclic) bond motifs is 1. The Bertz CT molecular complexity index is 770. The Kier molecular flexibility index (Phi) is 7.10. The van der Waals surface area contributed by atoms with Crippen LogP contribution >= 0.6 is 0 Å². The van der Waals surface area contributed by atoms with Crippen molar-refractivity contribution in [1.29, 1.82) is 0 Å². The first-order valence-electron chi connectivity index (χ1n) is 10.3. The molecule has 1 amide bonds. The molecule has 4 nitrogen and oxygen atoms in total. The fourth-order valence-corrected chi connectivity index (χ4v) is 4.08. The molecule has 2 aromatic carbocycles. The molecule has 0 aliphatic heterocycles. The molecule has 2 aromatic rings. The number of aromatic hydroxyl groups is 1. The number of carbonyl (C=O) groups excluding carboxylic acids is 1. The van der Waals surface area contributed by atoms with E-state index in [-0.39, 0.29) is 23.7 Å². The maximum absolute atomic E-state index is 12.7. The van der Waals surface area contributed by atoms with Gasteiger partial charge in [0.15, 0.2) is 0 Å². The van der Waals surface area contributed by atoms with Gasteiger partial charge < -0.3 is 15.3 Å². The monoisotopic (exact) mass is 380 g/mol. The molecular weight excluding hydrogens is 348 g/mol. The maximum Gasteiger partial charge on any atom is 0.220 e. The van der Waals surface area contributed by atoms with Gasteiger partial charge >= 0.3 is 0 Å². The van der Waals surface area contributed by atoms with Crippen LogP contribution in [0.4, 0.5) is 0 Å². The summed E-state index contributed by atoms with van der Waals surface area (Å²) in [5, 5.41) is 12.7. The third-order valence-electron chi connectivity index (χ3n) is 5.80. The van der Waals surface area contributed by atoms with Crippen LogP contribution in [0.5, 0.6) is 5.75 Å². The summed E-state index contributed by atoms with van der Waals surface area (Å²) in [5.41, 5.74) is 3.85. The van der Waals surface area contributed by atoms with Crippen LogP contribution in [0.1, 0.15) is 54.8 Å². The molecule has 150 valence electrons. The van der Waals surface area contributed by atoms with Crippen LogP contribution in [-0.4, -0.2) is 36.1 Å². The van der Waals surface area contributed by atoms with Crippen LogP contribution in [0, 0.1) is 0 Å². The summed E-state index contributed by atoms with van der Waals surface area (Å²) in [6, 6.07) is 16.3. The minimum absolute atomic E-state index is 0.138. The summed E-state index contributed by atoms with van der Waals surface area (Å²) in [6.07, 6.45) is 6.69. The van der Waals surface area contributed by atoms with Crippen LogP contribution in [-0.2, 0) is 17.6 Å². The first kappa shape index (κ1) is 20.4. The number of phenolic OH excluding ortho intramolecular Hbond substituents is 1. The van der Waals surface area contributed by atoms with Crippen molar-refractivity contribution in [3.8, 4) is 5.75 Å². The molecule has 0 heterocycles. The van der Waals surface area contributed by atoms with Gasteiger partial charge in [-0.1, -0.05) is 42.8 Å². The molecule has 2 N–H and O–H groups in total. The highest BCUT2D eigenvalue weighted by atomic mass is 16.3. The molecule has 1 unspecified atom stereocenters. The molecule has 3 rings (SSSR count). The van der Waals surface area contributed by atoms with E-state index in [0.29, 0.717) is 6.42 Å². The van der Waals surface area contributed by atoms with Gasteiger partial charge in [0.2, 0.25) is 5.91 Å². The van der Waals surface area contributed by atoms with E-state index in [9.17, 15) is 9.90 Å². The zero-order valence-corrected chi connectivity index (χ0v) is 17.0.